The van der Waals surface area contributed by atoms with Gasteiger partial charge in [0.2, 0.25) is 0 Å². The van der Waals surface area contributed by atoms with E-state index in [0.717, 1.165) is 0 Å². The Labute approximate surface area is 70.8 Å². The van der Waals surface area contributed by atoms with Gasteiger partial charge in [-0.05, 0) is 5.92 Å². The summed E-state index contributed by atoms with van der Waals surface area (Å²) < 4.78 is 5.04. The van der Waals surface area contributed by atoms with Gasteiger partial charge in [0.1, 0.15) is 0 Å². The van der Waals surface area contributed by atoms with Gasteiger partial charge in [0.25, 0.3) is 0 Å². The fraction of sp³-hybridized carbons (Fsp3) is 1.00. The number of rotatable bonds is 1. The smallest absolute Gasteiger partial charge is 0.162 e. The summed E-state index contributed by atoms with van der Waals surface area (Å²) in [6.45, 7) is 1.89. The molecule has 2 rings (SSSR count). The molecule has 0 aromatic rings. The fourth-order valence-electron chi connectivity index (χ4n) is 2.34. The second-order valence-electron chi connectivity index (χ2n) is 3.76. The van der Waals surface area contributed by atoms with E-state index in [1.807, 2.05) is 6.92 Å². The molecule has 1 saturated heterocycles. The first-order valence-corrected chi connectivity index (χ1v) is 4.29. The molecule has 0 spiro atoms. The molecule has 4 unspecified atom stereocenters. The topological polar surface area (TPSA) is 69.9 Å². The van der Waals surface area contributed by atoms with Gasteiger partial charge in [-0.2, -0.15) is 0 Å². The number of fused-ring (bicyclic) bond motifs is 1. The number of aliphatic hydroxyl groups is 3. The zero-order valence-corrected chi connectivity index (χ0v) is 6.92. The summed E-state index contributed by atoms with van der Waals surface area (Å²) in [6, 6.07) is 0. The van der Waals surface area contributed by atoms with Crippen LogP contribution in [0.4, 0.5) is 0 Å². The molecule has 6 atom stereocenters. The Morgan fingerprint density at radius 3 is 2.42 bits per heavy atom. The minimum Gasteiger partial charge on any atom is -0.396 e. The van der Waals surface area contributed by atoms with E-state index >= 15 is 0 Å². The van der Waals surface area contributed by atoms with Crippen molar-refractivity contribution in [3.8, 4) is 0 Å². The summed E-state index contributed by atoms with van der Waals surface area (Å²) in [6.07, 6.45) is -1.50. The highest BCUT2D eigenvalue weighted by atomic mass is 16.6. The van der Waals surface area contributed by atoms with Gasteiger partial charge in [-0.1, -0.05) is 6.92 Å². The first-order valence-electron chi connectivity index (χ1n) is 4.29. The molecule has 3 N–H and O–H groups in total. The maximum atomic E-state index is 9.61. The van der Waals surface area contributed by atoms with Crippen LogP contribution in [0.5, 0.6) is 0 Å². The lowest BCUT2D eigenvalue weighted by Gasteiger charge is -2.39. The average Bonchev–Trinajstić information content (AvgIpc) is 2.20. The van der Waals surface area contributed by atoms with Gasteiger partial charge in [-0.3, -0.25) is 0 Å². The Balaban J connectivity index is 2.13. The minimum absolute atomic E-state index is 0.0159. The molecule has 1 saturated carbocycles. The number of hydrogen-bond acceptors (Lipinski definition) is 4. The van der Waals surface area contributed by atoms with Crippen LogP contribution in [0.3, 0.4) is 0 Å². The standard InChI is InChI=1S/C8H14O4/c1-3-4(2-9)7-5(6(3)10)8(11)12-7/h3-11H,2H2,1H3/t3-,4?,5?,6?,7?,8-/m1/s1. The maximum Gasteiger partial charge on any atom is 0.162 e. The van der Waals surface area contributed by atoms with Crippen molar-refractivity contribution in [2.45, 2.75) is 25.4 Å². The Morgan fingerprint density at radius 1 is 1.33 bits per heavy atom. The number of hydrogen-bond donors (Lipinski definition) is 3. The van der Waals surface area contributed by atoms with E-state index in [4.69, 9.17) is 14.9 Å². The molecule has 2 aliphatic rings. The van der Waals surface area contributed by atoms with Crippen molar-refractivity contribution in [1.29, 1.82) is 0 Å². The van der Waals surface area contributed by atoms with Crippen LogP contribution in [-0.4, -0.2) is 40.4 Å². The Morgan fingerprint density at radius 2 is 2.00 bits per heavy atom. The lowest BCUT2D eigenvalue weighted by atomic mass is 9.94. The predicted molar refractivity (Wildman–Crippen MR) is 40.1 cm³/mol. The molecule has 12 heavy (non-hydrogen) atoms. The SMILES string of the molecule is C[C@H]1C(O)C2C(O[C@H]2O)C1CO. The lowest BCUT2D eigenvalue weighted by Crippen LogP contribution is -2.51. The van der Waals surface area contributed by atoms with Crippen LogP contribution in [0.1, 0.15) is 6.92 Å². The van der Waals surface area contributed by atoms with Crippen molar-refractivity contribution in [3.05, 3.63) is 0 Å². The predicted octanol–water partition coefficient (Wildman–Crippen LogP) is -1.06. The van der Waals surface area contributed by atoms with Crippen LogP contribution < -0.4 is 0 Å². The molecule has 2 fully saturated rings. The third-order valence-electron chi connectivity index (χ3n) is 3.25. The first-order chi connectivity index (χ1) is 5.66. The molecular weight excluding hydrogens is 160 g/mol. The molecule has 0 radical (unpaired) electrons. The molecule has 1 aliphatic carbocycles. The zero-order valence-electron chi connectivity index (χ0n) is 6.92. The number of ether oxygens (including phenoxy) is 1. The quantitative estimate of drug-likeness (QED) is 0.474. The van der Waals surface area contributed by atoms with Gasteiger partial charge >= 0.3 is 0 Å². The Hall–Kier alpha value is -0.160. The van der Waals surface area contributed by atoms with E-state index in [1.165, 1.54) is 0 Å². The second kappa shape index (κ2) is 2.67. The van der Waals surface area contributed by atoms with Crippen LogP contribution in [-0.2, 0) is 4.74 Å². The van der Waals surface area contributed by atoms with Gasteiger partial charge in [-0.15, -0.1) is 0 Å². The van der Waals surface area contributed by atoms with Crippen molar-refractivity contribution in [1.82, 2.24) is 0 Å². The minimum atomic E-state index is -0.830. The Bertz CT molecular complexity index is 174. The molecule has 0 amide bonds. The third-order valence-corrected chi connectivity index (χ3v) is 3.25. The van der Waals surface area contributed by atoms with E-state index in [9.17, 15) is 5.11 Å². The van der Waals surface area contributed by atoms with Crippen LogP contribution in [0, 0.1) is 17.8 Å². The highest BCUT2D eigenvalue weighted by molar-refractivity contribution is 5.02. The van der Waals surface area contributed by atoms with Gasteiger partial charge in [0, 0.05) is 12.5 Å². The van der Waals surface area contributed by atoms with Crippen molar-refractivity contribution in [2.75, 3.05) is 6.61 Å². The van der Waals surface area contributed by atoms with Crippen LogP contribution in [0.2, 0.25) is 0 Å². The number of aliphatic hydroxyl groups excluding tert-OH is 3. The summed E-state index contributed by atoms with van der Waals surface area (Å²) in [5.41, 5.74) is 0. The fourth-order valence-corrected chi connectivity index (χ4v) is 2.34. The summed E-state index contributed by atoms with van der Waals surface area (Å²) in [7, 11) is 0. The first kappa shape index (κ1) is 8.44. The largest absolute Gasteiger partial charge is 0.396 e. The normalized spacial score (nSPS) is 58.0. The van der Waals surface area contributed by atoms with Gasteiger partial charge in [0.15, 0.2) is 6.29 Å². The van der Waals surface area contributed by atoms with Crippen molar-refractivity contribution in [2.24, 2.45) is 17.8 Å². The van der Waals surface area contributed by atoms with E-state index in [2.05, 4.69) is 0 Å². The Kier molecular flexibility index (Phi) is 1.88. The molecule has 4 nitrogen and oxygen atoms in total. The maximum absolute atomic E-state index is 9.61. The van der Waals surface area contributed by atoms with E-state index in [-0.39, 0.29) is 30.5 Å². The summed E-state index contributed by atoms with van der Waals surface area (Å²) in [5.74, 6) is -0.187. The molecule has 1 heterocycles. The van der Waals surface area contributed by atoms with E-state index in [1.54, 1.807) is 0 Å². The molecule has 0 aromatic heterocycles. The van der Waals surface area contributed by atoms with Crippen LogP contribution in [0.25, 0.3) is 0 Å². The second-order valence-corrected chi connectivity index (χ2v) is 3.76. The summed E-state index contributed by atoms with van der Waals surface area (Å²) in [5, 5.41) is 27.8. The summed E-state index contributed by atoms with van der Waals surface area (Å²) in [4.78, 5) is 0. The zero-order chi connectivity index (χ0) is 8.88. The highest BCUT2D eigenvalue weighted by Crippen LogP contribution is 2.47. The molecule has 0 aromatic carbocycles. The molecule has 4 heteroatoms. The monoisotopic (exact) mass is 174 g/mol. The van der Waals surface area contributed by atoms with E-state index in [0.29, 0.717) is 0 Å². The van der Waals surface area contributed by atoms with Gasteiger partial charge in [-0.25, -0.2) is 0 Å². The van der Waals surface area contributed by atoms with Crippen molar-refractivity contribution >= 4 is 0 Å². The van der Waals surface area contributed by atoms with Crippen LogP contribution >= 0.6 is 0 Å². The highest BCUT2D eigenvalue weighted by Gasteiger charge is 2.58. The molecule has 1 aliphatic heterocycles. The summed E-state index contributed by atoms with van der Waals surface area (Å²) >= 11 is 0. The van der Waals surface area contributed by atoms with Gasteiger partial charge < -0.3 is 20.1 Å². The molecule has 70 valence electrons. The molecule has 0 bridgehead atoms. The van der Waals surface area contributed by atoms with Crippen molar-refractivity contribution < 1.29 is 20.1 Å². The third kappa shape index (κ3) is 0.864. The van der Waals surface area contributed by atoms with Gasteiger partial charge in [0.05, 0.1) is 18.1 Å². The van der Waals surface area contributed by atoms with Crippen molar-refractivity contribution in [3.63, 3.8) is 0 Å². The molecular formula is C8H14O4. The van der Waals surface area contributed by atoms with E-state index < -0.39 is 12.4 Å². The lowest BCUT2D eigenvalue weighted by molar-refractivity contribution is -0.293. The van der Waals surface area contributed by atoms with Crippen LogP contribution in [0.15, 0.2) is 0 Å². The average molecular weight is 174 g/mol.